The number of nitrogens with two attached hydrogens (primary N) is 1. The average Bonchev–Trinajstić information content (AvgIpc) is 3.08. The molecular formula is C18H25N3. The molecule has 1 aromatic heterocycles. The molecule has 2 N–H and O–H groups in total. The van der Waals surface area contributed by atoms with Crippen molar-refractivity contribution in [1.82, 2.24) is 9.78 Å². The van der Waals surface area contributed by atoms with Gasteiger partial charge in [-0.05, 0) is 61.8 Å². The van der Waals surface area contributed by atoms with Crippen molar-refractivity contribution in [2.45, 2.75) is 46.1 Å². The number of nitrogens with zero attached hydrogens (tertiary/aromatic N) is 2. The molecule has 0 fully saturated rings. The zero-order valence-corrected chi connectivity index (χ0v) is 13.1. The highest BCUT2D eigenvalue weighted by Crippen LogP contribution is 2.39. The molecule has 0 saturated carbocycles. The molecule has 112 valence electrons. The molecule has 1 aromatic carbocycles. The molecule has 2 aromatic rings. The molecule has 1 heterocycles. The average molecular weight is 283 g/mol. The third-order valence-corrected chi connectivity index (χ3v) is 4.81. The third kappa shape index (κ3) is 2.62. The second kappa shape index (κ2) is 5.64. The van der Waals surface area contributed by atoms with Crippen LogP contribution in [0.5, 0.6) is 0 Å². The van der Waals surface area contributed by atoms with Crippen LogP contribution in [0.3, 0.4) is 0 Å². The Kier molecular flexibility index (Phi) is 3.85. The summed E-state index contributed by atoms with van der Waals surface area (Å²) < 4.78 is 2.15. The molecular weight excluding hydrogens is 258 g/mol. The summed E-state index contributed by atoms with van der Waals surface area (Å²) in [6.45, 7) is 5.99. The van der Waals surface area contributed by atoms with Gasteiger partial charge in [-0.3, -0.25) is 4.68 Å². The largest absolute Gasteiger partial charge is 0.330 e. The van der Waals surface area contributed by atoms with Gasteiger partial charge in [0.25, 0.3) is 0 Å². The minimum Gasteiger partial charge on any atom is -0.330 e. The summed E-state index contributed by atoms with van der Waals surface area (Å²) in [5.41, 5.74) is 11.8. The molecule has 3 heteroatoms. The second-order valence-electron chi connectivity index (χ2n) is 6.30. The van der Waals surface area contributed by atoms with E-state index in [1.807, 2.05) is 0 Å². The maximum atomic E-state index is 6.20. The van der Waals surface area contributed by atoms with Crippen molar-refractivity contribution in [3.8, 4) is 0 Å². The number of aryl methyl sites for hydroxylation is 2. The molecule has 0 aliphatic heterocycles. The molecule has 1 aliphatic rings. The summed E-state index contributed by atoms with van der Waals surface area (Å²) in [7, 11) is 0. The maximum Gasteiger partial charge on any atom is 0.0624 e. The van der Waals surface area contributed by atoms with Crippen LogP contribution >= 0.6 is 0 Å². The standard InChI is InChI=1S/C18H25N3/c1-3-16-9-17(21(4-2)20-16)12-18(13-19)10-14-7-5-6-8-15(14)11-18/h5-9H,3-4,10-13,19H2,1-2H3. The molecule has 0 spiro atoms. The molecule has 0 saturated heterocycles. The normalized spacial score (nSPS) is 16.1. The van der Waals surface area contributed by atoms with E-state index < -0.39 is 0 Å². The maximum absolute atomic E-state index is 6.20. The van der Waals surface area contributed by atoms with Gasteiger partial charge in [-0.2, -0.15) is 5.10 Å². The van der Waals surface area contributed by atoms with Crippen LogP contribution in [0.1, 0.15) is 36.4 Å². The molecule has 0 unspecified atom stereocenters. The Hall–Kier alpha value is -1.61. The molecule has 0 radical (unpaired) electrons. The highest BCUT2D eigenvalue weighted by molar-refractivity contribution is 5.35. The number of aromatic nitrogens is 2. The van der Waals surface area contributed by atoms with Gasteiger partial charge in [0.2, 0.25) is 0 Å². The number of hydrogen-bond donors (Lipinski definition) is 1. The van der Waals surface area contributed by atoms with Crippen LogP contribution in [0.2, 0.25) is 0 Å². The van der Waals surface area contributed by atoms with Gasteiger partial charge in [-0.1, -0.05) is 31.2 Å². The summed E-state index contributed by atoms with van der Waals surface area (Å²) in [5, 5.41) is 4.68. The van der Waals surface area contributed by atoms with Crippen LogP contribution in [0, 0.1) is 5.41 Å². The zero-order chi connectivity index (χ0) is 14.9. The predicted molar refractivity (Wildman–Crippen MR) is 86.3 cm³/mol. The minimum atomic E-state index is 0.168. The quantitative estimate of drug-likeness (QED) is 0.917. The first-order valence-corrected chi connectivity index (χ1v) is 8.02. The van der Waals surface area contributed by atoms with Gasteiger partial charge >= 0.3 is 0 Å². The van der Waals surface area contributed by atoms with Crippen molar-refractivity contribution in [3.63, 3.8) is 0 Å². The Labute approximate surface area is 127 Å². The lowest BCUT2D eigenvalue weighted by atomic mass is 9.80. The lowest BCUT2D eigenvalue weighted by Crippen LogP contribution is -2.34. The van der Waals surface area contributed by atoms with E-state index >= 15 is 0 Å². The van der Waals surface area contributed by atoms with Gasteiger partial charge in [-0.15, -0.1) is 0 Å². The van der Waals surface area contributed by atoms with Crippen molar-refractivity contribution in [1.29, 1.82) is 0 Å². The summed E-state index contributed by atoms with van der Waals surface area (Å²) in [5.74, 6) is 0. The highest BCUT2D eigenvalue weighted by atomic mass is 15.3. The van der Waals surface area contributed by atoms with Gasteiger partial charge < -0.3 is 5.73 Å². The molecule has 3 rings (SSSR count). The Balaban J connectivity index is 1.88. The molecule has 3 nitrogen and oxygen atoms in total. The Morgan fingerprint density at radius 1 is 1.19 bits per heavy atom. The summed E-state index contributed by atoms with van der Waals surface area (Å²) in [6, 6.07) is 11.0. The molecule has 21 heavy (non-hydrogen) atoms. The second-order valence-corrected chi connectivity index (χ2v) is 6.30. The minimum absolute atomic E-state index is 0.168. The van der Waals surface area contributed by atoms with Crippen molar-refractivity contribution >= 4 is 0 Å². The summed E-state index contributed by atoms with van der Waals surface area (Å²) >= 11 is 0. The number of benzene rings is 1. The predicted octanol–water partition coefficient (Wildman–Crippen LogP) is 2.75. The van der Waals surface area contributed by atoms with E-state index in [0.717, 1.165) is 38.8 Å². The molecule has 0 atom stereocenters. The smallest absolute Gasteiger partial charge is 0.0624 e. The van der Waals surface area contributed by atoms with E-state index in [4.69, 9.17) is 5.73 Å². The third-order valence-electron chi connectivity index (χ3n) is 4.81. The van der Waals surface area contributed by atoms with E-state index in [2.05, 4.69) is 54.0 Å². The topological polar surface area (TPSA) is 43.8 Å². The van der Waals surface area contributed by atoms with Crippen LogP contribution < -0.4 is 5.73 Å². The monoisotopic (exact) mass is 283 g/mol. The van der Waals surface area contributed by atoms with E-state index in [-0.39, 0.29) is 5.41 Å². The van der Waals surface area contributed by atoms with Gasteiger partial charge in [0.05, 0.1) is 5.69 Å². The number of fused-ring (bicyclic) bond motifs is 1. The molecule has 1 aliphatic carbocycles. The fourth-order valence-electron chi connectivity index (χ4n) is 3.60. The van der Waals surface area contributed by atoms with Gasteiger partial charge in [0, 0.05) is 12.2 Å². The SMILES string of the molecule is CCc1cc(CC2(CN)Cc3ccccc3C2)n(CC)n1. The first-order valence-electron chi connectivity index (χ1n) is 8.02. The van der Waals surface area contributed by atoms with Crippen molar-refractivity contribution in [2.75, 3.05) is 6.54 Å². The van der Waals surface area contributed by atoms with Gasteiger partial charge in [0.15, 0.2) is 0 Å². The van der Waals surface area contributed by atoms with E-state index in [9.17, 15) is 0 Å². The van der Waals surface area contributed by atoms with Crippen LogP contribution in [0.15, 0.2) is 30.3 Å². The highest BCUT2D eigenvalue weighted by Gasteiger charge is 2.36. The van der Waals surface area contributed by atoms with Crippen LogP contribution in [-0.2, 0) is 32.2 Å². The zero-order valence-electron chi connectivity index (χ0n) is 13.1. The number of rotatable bonds is 5. The van der Waals surface area contributed by atoms with Crippen LogP contribution in [0.4, 0.5) is 0 Å². The Bertz CT molecular complexity index is 602. The lowest BCUT2D eigenvalue weighted by Gasteiger charge is -2.27. The van der Waals surface area contributed by atoms with Gasteiger partial charge in [-0.25, -0.2) is 0 Å². The van der Waals surface area contributed by atoms with Crippen molar-refractivity contribution in [2.24, 2.45) is 11.1 Å². The van der Waals surface area contributed by atoms with Crippen molar-refractivity contribution in [3.05, 3.63) is 52.8 Å². The number of hydrogen-bond acceptors (Lipinski definition) is 2. The lowest BCUT2D eigenvalue weighted by molar-refractivity contribution is 0.305. The Morgan fingerprint density at radius 3 is 2.38 bits per heavy atom. The van der Waals surface area contributed by atoms with E-state index in [1.165, 1.54) is 22.5 Å². The first-order chi connectivity index (χ1) is 10.2. The fourth-order valence-corrected chi connectivity index (χ4v) is 3.60. The molecule has 0 bridgehead atoms. The summed E-state index contributed by atoms with van der Waals surface area (Å²) in [4.78, 5) is 0. The van der Waals surface area contributed by atoms with Crippen molar-refractivity contribution < 1.29 is 0 Å². The van der Waals surface area contributed by atoms with E-state index in [0.29, 0.717) is 0 Å². The van der Waals surface area contributed by atoms with Gasteiger partial charge in [0.1, 0.15) is 0 Å². The van der Waals surface area contributed by atoms with Crippen LogP contribution in [0.25, 0.3) is 0 Å². The van der Waals surface area contributed by atoms with E-state index in [1.54, 1.807) is 0 Å². The Morgan fingerprint density at radius 2 is 1.86 bits per heavy atom. The molecule has 0 amide bonds. The first kappa shape index (κ1) is 14.3. The van der Waals surface area contributed by atoms with Crippen LogP contribution in [-0.4, -0.2) is 16.3 Å². The fraction of sp³-hybridized carbons (Fsp3) is 0.500. The summed E-state index contributed by atoms with van der Waals surface area (Å²) in [6.07, 6.45) is 4.21.